The molecule has 0 fully saturated rings. The molecule has 0 unspecified atom stereocenters. The normalized spacial score (nSPS) is 10.1. The number of carbonyl (C=O) groups excluding carboxylic acids is 2. The number of hydrogen-bond acceptors (Lipinski definition) is 4. The number of nitrogen functional groups attached to an aromatic ring is 1. The van der Waals surface area contributed by atoms with Crippen LogP contribution < -0.4 is 11.1 Å². The van der Waals surface area contributed by atoms with Gasteiger partial charge in [0, 0.05) is 22.9 Å². The molecule has 0 aromatic heterocycles. The minimum Gasteiger partial charge on any atom is -0.506 e. The molecule has 0 saturated carbocycles. The van der Waals surface area contributed by atoms with E-state index in [9.17, 15) is 14.7 Å². The molecule has 2 aromatic rings. The summed E-state index contributed by atoms with van der Waals surface area (Å²) in [7, 11) is 0. The summed E-state index contributed by atoms with van der Waals surface area (Å²) >= 11 is 0. The number of phenolic OH excluding ortho intramolecular Hbond substituents is 1. The van der Waals surface area contributed by atoms with Crippen molar-refractivity contribution in [3.63, 3.8) is 0 Å². The SMILES string of the molecule is Cc1cc(NC(=O)c2ccc(C=O)cc2)c(O)cc1N. The molecule has 4 N–H and O–H groups in total. The van der Waals surface area contributed by atoms with Crippen molar-refractivity contribution in [1.82, 2.24) is 0 Å². The van der Waals surface area contributed by atoms with E-state index in [-0.39, 0.29) is 11.7 Å². The van der Waals surface area contributed by atoms with E-state index in [0.717, 1.165) is 5.56 Å². The maximum absolute atomic E-state index is 12.0. The minimum absolute atomic E-state index is 0.0917. The number of aryl methyl sites for hydroxylation is 1. The molecule has 0 atom stereocenters. The number of nitrogens with one attached hydrogen (secondary N) is 1. The number of benzene rings is 2. The number of nitrogens with two attached hydrogens (primary N) is 1. The van der Waals surface area contributed by atoms with Crippen molar-refractivity contribution in [3.8, 4) is 5.75 Å². The fraction of sp³-hybridized carbons (Fsp3) is 0.0667. The molecule has 0 bridgehead atoms. The van der Waals surface area contributed by atoms with Gasteiger partial charge in [0.05, 0.1) is 5.69 Å². The lowest BCUT2D eigenvalue weighted by Gasteiger charge is -2.10. The second-order valence-corrected chi connectivity index (χ2v) is 4.42. The Labute approximate surface area is 116 Å². The summed E-state index contributed by atoms with van der Waals surface area (Å²) in [6.45, 7) is 1.78. The van der Waals surface area contributed by atoms with Crippen molar-refractivity contribution in [2.45, 2.75) is 6.92 Å². The minimum atomic E-state index is -0.373. The highest BCUT2D eigenvalue weighted by molar-refractivity contribution is 6.05. The lowest BCUT2D eigenvalue weighted by Crippen LogP contribution is -2.12. The Morgan fingerprint density at radius 3 is 2.50 bits per heavy atom. The van der Waals surface area contributed by atoms with Crippen LogP contribution in [0, 0.1) is 6.92 Å². The van der Waals surface area contributed by atoms with Gasteiger partial charge in [-0.1, -0.05) is 12.1 Å². The maximum Gasteiger partial charge on any atom is 0.255 e. The molecule has 0 saturated heterocycles. The molecule has 0 aliphatic rings. The monoisotopic (exact) mass is 270 g/mol. The van der Waals surface area contributed by atoms with Crippen LogP contribution in [0.15, 0.2) is 36.4 Å². The maximum atomic E-state index is 12.0. The van der Waals surface area contributed by atoms with E-state index in [4.69, 9.17) is 5.73 Å². The van der Waals surface area contributed by atoms with Crippen LogP contribution in [0.2, 0.25) is 0 Å². The second-order valence-electron chi connectivity index (χ2n) is 4.42. The van der Waals surface area contributed by atoms with Gasteiger partial charge in [-0.25, -0.2) is 0 Å². The van der Waals surface area contributed by atoms with Crippen LogP contribution in [0.25, 0.3) is 0 Å². The molecule has 2 aromatic carbocycles. The highest BCUT2D eigenvalue weighted by Gasteiger charge is 2.10. The Bertz CT molecular complexity index is 664. The third kappa shape index (κ3) is 2.77. The first kappa shape index (κ1) is 13.6. The first-order valence-corrected chi connectivity index (χ1v) is 5.97. The van der Waals surface area contributed by atoms with E-state index in [2.05, 4.69) is 5.32 Å². The smallest absolute Gasteiger partial charge is 0.255 e. The molecule has 0 aliphatic carbocycles. The quantitative estimate of drug-likeness (QED) is 0.453. The van der Waals surface area contributed by atoms with Crippen LogP contribution in [-0.4, -0.2) is 17.3 Å². The van der Waals surface area contributed by atoms with Crippen LogP contribution in [-0.2, 0) is 0 Å². The Morgan fingerprint density at radius 2 is 1.90 bits per heavy atom. The number of aromatic hydroxyl groups is 1. The third-order valence-corrected chi connectivity index (χ3v) is 2.94. The molecule has 102 valence electrons. The molecule has 0 aliphatic heterocycles. The van der Waals surface area contributed by atoms with E-state index in [0.29, 0.717) is 28.8 Å². The third-order valence-electron chi connectivity index (χ3n) is 2.94. The van der Waals surface area contributed by atoms with Gasteiger partial charge >= 0.3 is 0 Å². The Morgan fingerprint density at radius 1 is 1.25 bits per heavy atom. The van der Waals surface area contributed by atoms with Crippen molar-refractivity contribution in [2.24, 2.45) is 0 Å². The molecule has 0 spiro atoms. The largest absolute Gasteiger partial charge is 0.506 e. The molecule has 5 nitrogen and oxygen atoms in total. The lowest BCUT2D eigenvalue weighted by molar-refractivity contribution is 0.102. The van der Waals surface area contributed by atoms with E-state index in [1.807, 2.05) is 0 Å². The zero-order valence-corrected chi connectivity index (χ0v) is 10.9. The topological polar surface area (TPSA) is 92.4 Å². The molecule has 0 heterocycles. The van der Waals surface area contributed by atoms with Crippen molar-refractivity contribution in [1.29, 1.82) is 0 Å². The summed E-state index contributed by atoms with van der Waals surface area (Å²) in [4.78, 5) is 22.6. The fourth-order valence-corrected chi connectivity index (χ4v) is 1.72. The van der Waals surface area contributed by atoms with E-state index >= 15 is 0 Å². The molecular formula is C15H14N2O3. The van der Waals surface area contributed by atoms with Gasteiger partial charge in [-0.2, -0.15) is 0 Å². The summed E-state index contributed by atoms with van der Waals surface area (Å²) in [5.41, 5.74) is 8.05. The van der Waals surface area contributed by atoms with Crippen LogP contribution >= 0.6 is 0 Å². The predicted molar refractivity (Wildman–Crippen MR) is 77.0 cm³/mol. The summed E-state index contributed by atoms with van der Waals surface area (Å²) in [6.07, 6.45) is 0.705. The van der Waals surface area contributed by atoms with Gasteiger partial charge in [0.1, 0.15) is 12.0 Å². The summed E-state index contributed by atoms with van der Waals surface area (Å²) < 4.78 is 0. The number of anilines is 2. The molecule has 20 heavy (non-hydrogen) atoms. The second kappa shape index (κ2) is 5.44. The highest BCUT2D eigenvalue weighted by atomic mass is 16.3. The zero-order valence-electron chi connectivity index (χ0n) is 10.9. The van der Waals surface area contributed by atoms with Gasteiger partial charge in [0.2, 0.25) is 0 Å². The van der Waals surface area contributed by atoms with Gasteiger partial charge < -0.3 is 16.2 Å². The molecule has 0 radical (unpaired) electrons. The van der Waals surface area contributed by atoms with Crippen molar-refractivity contribution in [2.75, 3.05) is 11.1 Å². The zero-order chi connectivity index (χ0) is 14.7. The predicted octanol–water partition coefficient (Wildman–Crippen LogP) is 2.35. The van der Waals surface area contributed by atoms with Gasteiger partial charge in [0.25, 0.3) is 5.91 Å². The van der Waals surface area contributed by atoms with Crippen LogP contribution in [0.5, 0.6) is 5.75 Å². The summed E-state index contributed by atoms with van der Waals surface area (Å²) in [5.74, 6) is -0.465. The molecule has 5 heteroatoms. The first-order chi connectivity index (χ1) is 9.51. The van der Waals surface area contributed by atoms with Crippen molar-refractivity contribution < 1.29 is 14.7 Å². The van der Waals surface area contributed by atoms with Crippen molar-refractivity contribution in [3.05, 3.63) is 53.1 Å². The summed E-state index contributed by atoms with van der Waals surface area (Å²) in [6, 6.07) is 9.18. The Hall–Kier alpha value is -2.82. The van der Waals surface area contributed by atoms with Crippen LogP contribution in [0.1, 0.15) is 26.3 Å². The first-order valence-electron chi connectivity index (χ1n) is 5.97. The molecular weight excluding hydrogens is 256 g/mol. The van der Waals surface area contributed by atoms with Gasteiger partial charge in [0.15, 0.2) is 0 Å². The van der Waals surface area contributed by atoms with Crippen LogP contribution in [0.4, 0.5) is 11.4 Å². The number of phenols is 1. The molecule has 1 amide bonds. The Balaban J connectivity index is 2.22. The number of rotatable bonds is 3. The number of hydrogen-bond donors (Lipinski definition) is 3. The van der Waals surface area contributed by atoms with Gasteiger partial charge in [-0.15, -0.1) is 0 Å². The highest BCUT2D eigenvalue weighted by Crippen LogP contribution is 2.28. The van der Waals surface area contributed by atoms with E-state index in [1.54, 1.807) is 37.3 Å². The molecule has 2 rings (SSSR count). The van der Waals surface area contributed by atoms with Gasteiger partial charge in [-0.3, -0.25) is 9.59 Å². The standard InChI is InChI=1S/C15H14N2O3/c1-9-6-13(14(19)7-12(9)16)17-15(20)11-4-2-10(8-18)3-5-11/h2-8,19H,16H2,1H3,(H,17,20). The van der Waals surface area contributed by atoms with Gasteiger partial charge in [-0.05, 0) is 30.7 Å². The number of carbonyl (C=O) groups is 2. The number of aldehydes is 1. The average Bonchev–Trinajstić information content (AvgIpc) is 2.44. The summed E-state index contributed by atoms with van der Waals surface area (Å²) in [5, 5.41) is 12.4. The average molecular weight is 270 g/mol. The van der Waals surface area contributed by atoms with Crippen LogP contribution in [0.3, 0.4) is 0 Å². The Kier molecular flexibility index (Phi) is 3.70. The number of amides is 1. The van der Waals surface area contributed by atoms with E-state index < -0.39 is 0 Å². The lowest BCUT2D eigenvalue weighted by atomic mass is 10.1. The van der Waals surface area contributed by atoms with Crippen molar-refractivity contribution >= 4 is 23.6 Å². The van der Waals surface area contributed by atoms with E-state index in [1.165, 1.54) is 6.07 Å². The fourth-order valence-electron chi connectivity index (χ4n) is 1.72.